The molecule has 1 aromatic carbocycles. The summed E-state index contributed by atoms with van der Waals surface area (Å²) >= 11 is 6.37. The van der Waals surface area contributed by atoms with Crippen molar-refractivity contribution in [1.82, 2.24) is 25.0 Å². The van der Waals surface area contributed by atoms with Crippen LogP contribution in [0.4, 0.5) is 28.8 Å². The van der Waals surface area contributed by atoms with Gasteiger partial charge in [-0.05, 0) is 73.9 Å². The maximum atomic E-state index is 13.1. The lowest BCUT2D eigenvalue weighted by molar-refractivity contribution is -0.117. The van der Waals surface area contributed by atoms with Crippen LogP contribution in [0.25, 0.3) is 0 Å². The first kappa shape index (κ1) is 26.7. The number of aryl methyl sites for hydroxylation is 3. The van der Waals surface area contributed by atoms with E-state index in [1.54, 1.807) is 24.2 Å². The predicted octanol–water partition coefficient (Wildman–Crippen LogP) is 5.29. The van der Waals surface area contributed by atoms with Crippen LogP contribution in [-0.4, -0.2) is 49.9 Å². The minimum absolute atomic E-state index is 0.0409. The molecule has 11 nitrogen and oxygen atoms in total. The highest BCUT2D eigenvalue weighted by Gasteiger charge is 2.27. The Kier molecular flexibility index (Phi) is 7.51. The van der Waals surface area contributed by atoms with Crippen molar-refractivity contribution in [3.05, 3.63) is 76.5 Å². The SMILES string of the molecule is Cc1oncc1C(=O)N1CCC(CC(=O)Nc2ccc3cc2CCc2cncc(c2)Nc2ncc(Cl)c(n2)N3)CC1. The van der Waals surface area contributed by atoms with Gasteiger partial charge in [-0.2, -0.15) is 4.98 Å². The van der Waals surface area contributed by atoms with E-state index >= 15 is 0 Å². The van der Waals surface area contributed by atoms with Crippen LogP contribution in [0.1, 0.15) is 46.5 Å². The molecule has 0 radical (unpaired) electrons. The Morgan fingerprint density at radius 3 is 2.73 bits per heavy atom. The molecular formula is C29H29ClN8O3. The van der Waals surface area contributed by atoms with Crippen LogP contribution in [0.5, 0.6) is 0 Å². The van der Waals surface area contributed by atoms with Crippen LogP contribution in [-0.2, 0) is 17.6 Å². The van der Waals surface area contributed by atoms with Crippen LogP contribution in [0.2, 0.25) is 5.02 Å². The average Bonchev–Trinajstić information content (AvgIpc) is 3.40. The van der Waals surface area contributed by atoms with E-state index in [2.05, 4.69) is 36.1 Å². The van der Waals surface area contributed by atoms with E-state index in [9.17, 15) is 9.59 Å². The highest BCUT2D eigenvalue weighted by molar-refractivity contribution is 6.32. The van der Waals surface area contributed by atoms with Crippen molar-refractivity contribution in [3.63, 3.8) is 0 Å². The van der Waals surface area contributed by atoms with E-state index < -0.39 is 0 Å². The van der Waals surface area contributed by atoms with Gasteiger partial charge in [0.2, 0.25) is 11.9 Å². The lowest BCUT2D eigenvalue weighted by Crippen LogP contribution is -2.39. The van der Waals surface area contributed by atoms with Gasteiger partial charge < -0.3 is 25.4 Å². The third-order valence-electron chi connectivity index (χ3n) is 7.48. The number of likely N-dealkylation sites (tertiary alicyclic amines) is 1. The number of nitrogens with zero attached hydrogens (tertiary/aromatic N) is 5. The van der Waals surface area contributed by atoms with Gasteiger partial charge in [0.05, 0.1) is 24.3 Å². The monoisotopic (exact) mass is 572 g/mol. The van der Waals surface area contributed by atoms with Crippen LogP contribution in [0.3, 0.4) is 0 Å². The Labute approximate surface area is 241 Å². The minimum atomic E-state index is -0.0728. The number of carbonyl (C=O) groups is 2. The molecule has 1 fully saturated rings. The molecule has 0 saturated carbocycles. The summed E-state index contributed by atoms with van der Waals surface area (Å²) in [5.41, 5.74) is 4.86. The van der Waals surface area contributed by atoms with Gasteiger partial charge in [0.15, 0.2) is 5.82 Å². The van der Waals surface area contributed by atoms with Crippen molar-refractivity contribution in [2.45, 2.75) is 39.0 Å². The van der Waals surface area contributed by atoms with Crippen LogP contribution < -0.4 is 16.0 Å². The molecule has 0 spiro atoms. The molecule has 0 atom stereocenters. The lowest BCUT2D eigenvalue weighted by atomic mass is 9.92. The molecule has 6 bridgehead atoms. The quantitative estimate of drug-likeness (QED) is 0.298. The zero-order valence-electron chi connectivity index (χ0n) is 22.5. The molecule has 4 aromatic rings. The van der Waals surface area contributed by atoms with Gasteiger partial charge in [0.1, 0.15) is 16.3 Å². The summed E-state index contributed by atoms with van der Waals surface area (Å²) in [6, 6.07) is 7.82. The van der Waals surface area contributed by atoms with Gasteiger partial charge in [-0.25, -0.2) is 4.98 Å². The van der Waals surface area contributed by atoms with Crippen molar-refractivity contribution in [2.75, 3.05) is 29.0 Å². The largest absolute Gasteiger partial charge is 0.361 e. The van der Waals surface area contributed by atoms with Crippen LogP contribution >= 0.6 is 11.6 Å². The van der Waals surface area contributed by atoms with Gasteiger partial charge in [-0.1, -0.05) is 16.8 Å². The molecule has 1 saturated heterocycles. The van der Waals surface area contributed by atoms with Crippen molar-refractivity contribution < 1.29 is 14.1 Å². The fraction of sp³-hybridized carbons (Fsp3) is 0.310. The molecule has 6 rings (SSSR count). The number of benzene rings is 1. The lowest BCUT2D eigenvalue weighted by Gasteiger charge is -2.31. The topological polar surface area (TPSA) is 138 Å². The molecular weight excluding hydrogens is 544 g/mol. The van der Waals surface area contributed by atoms with Gasteiger partial charge in [-0.15, -0.1) is 0 Å². The van der Waals surface area contributed by atoms with Crippen molar-refractivity contribution in [1.29, 1.82) is 0 Å². The number of nitrogens with one attached hydrogen (secondary N) is 3. The Morgan fingerprint density at radius 2 is 1.93 bits per heavy atom. The molecule has 2 aliphatic heterocycles. The van der Waals surface area contributed by atoms with Crippen molar-refractivity contribution in [2.24, 2.45) is 5.92 Å². The predicted molar refractivity (Wildman–Crippen MR) is 155 cm³/mol. The molecule has 2 amide bonds. The summed E-state index contributed by atoms with van der Waals surface area (Å²) in [5, 5.41) is 13.7. The smallest absolute Gasteiger partial charge is 0.259 e. The molecule has 3 aromatic heterocycles. The second kappa shape index (κ2) is 11.5. The molecule has 2 aliphatic rings. The van der Waals surface area contributed by atoms with Gasteiger partial charge in [0.25, 0.3) is 5.91 Å². The first-order chi connectivity index (χ1) is 19.9. The standard InChI is InChI=1S/C29H29ClN8O3/c1-17-23(15-33-41-17)28(40)38-8-6-18(7-9-38)11-26(39)36-25-5-4-21-12-20(25)3-2-19-10-22(14-31-13-19)35-29-32-16-24(30)27(34-21)37-29/h4-5,10,12-16,18H,2-3,6-9,11H2,1H3,(H,36,39)(H2,32,34,35,37). The second-order valence-corrected chi connectivity index (χ2v) is 10.8. The summed E-state index contributed by atoms with van der Waals surface area (Å²) in [5.74, 6) is 1.48. The number of anilines is 5. The van der Waals surface area contributed by atoms with E-state index in [0.717, 1.165) is 47.5 Å². The first-order valence-corrected chi connectivity index (χ1v) is 13.9. The van der Waals surface area contributed by atoms with Crippen LogP contribution in [0, 0.1) is 12.8 Å². The fourth-order valence-electron chi connectivity index (χ4n) is 5.23. The number of halogens is 1. The van der Waals surface area contributed by atoms with E-state index in [-0.39, 0.29) is 17.7 Å². The van der Waals surface area contributed by atoms with Crippen molar-refractivity contribution >= 4 is 52.2 Å². The zero-order chi connectivity index (χ0) is 28.3. The fourth-order valence-corrected chi connectivity index (χ4v) is 5.37. The molecule has 0 unspecified atom stereocenters. The summed E-state index contributed by atoms with van der Waals surface area (Å²) in [7, 11) is 0. The summed E-state index contributed by atoms with van der Waals surface area (Å²) in [4.78, 5) is 40.9. The van der Waals surface area contributed by atoms with Crippen molar-refractivity contribution in [3.8, 4) is 0 Å². The number of aromatic nitrogens is 4. The Bertz CT molecular complexity index is 1600. The highest BCUT2D eigenvalue weighted by Crippen LogP contribution is 2.30. The summed E-state index contributed by atoms with van der Waals surface area (Å²) in [6.07, 6.45) is 9.90. The number of rotatable bonds is 4. The number of carbonyl (C=O) groups excluding carboxylic acids is 2. The molecule has 0 aliphatic carbocycles. The van der Waals surface area contributed by atoms with E-state index in [1.165, 1.54) is 6.20 Å². The second-order valence-electron chi connectivity index (χ2n) is 10.4. The zero-order valence-corrected chi connectivity index (χ0v) is 23.2. The normalized spacial score (nSPS) is 15.0. The third kappa shape index (κ3) is 6.14. The molecule has 210 valence electrons. The molecule has 3 N–H and O–H groups in total. The highest BCUT2D eigenvalue weighted by atomic mass is 35.5. The Balaban J connectivity index is 1.14. The van der Waals surface area contributed by atoms with Gasteiger partial charge >= 0.3 is 0 Å². The Hall–Kier alpha value is -4.51. The summed E-state index contributed by atoms with van der Waals surface area (Å²) < 4.78 is 5.04. The number of pyridine rings is 1. The maximum Gasteiger partial charge on any atom is 0.259 e. The molecule has 41 heavy (non-hydrogen) atoms. The third-order valence-corrected chi connectivity index (χ3v) is 7.75. The van der Waals surface area contributed by atoms with Gasteiger partial charge in [0, 0.05) is 37.1 Å². The van der Waals surface area contributed by atoms with Crippen LogP contribution in [0.15, 0.2) is 53.6 Å². The van der Waals surface area contributed by atoms with E-state index in [1.807, 2.05) is 30.5 Å². The number of amides is 2. The number of hydrogen-bond donors (Lipinski definition) is 3. The number of piperidine rings is 1. The number of fused-ring (bicyclic) bond motifs is 6. The van der Waals surface area contributed by atoms with E-state index in [0.29, 0.717) is 54.0 Å². The number of hydrogen-bond acceptors (Lipinski definition) is 9. The van der Waals surface area contributed by atoms with E-state index in [4.69, 9.17) is 16.1 Å². The molecule has 12 heteroatoms. The van der Waals surface area contributed by atoms with Gasteiger partial charge in [-0.3, -0.25) is 14.6 Å². The Morgan fingerprint density at radius 1 is 1.07 bits per heavy atom. The molecule has 5 heterocycles. The summed E-state index contributed by atoms with van der Waals surface area (Å²) in [6.45, 7) is 2.93. The minimum Gasteiger partial charge on any atom is -0.361 e. The first-order valence-electron chi connectivity index (χ1n) is 13.5. The maximum absolute atomic E-state index is 13.1. The average molecular weight is 573 g/mol.